The van der Waals surface area contributed by atoms with Crippen LogP contribution >= 0.6 is 24.0 Å². The molecule has 2 heterocycles. The zero-order valence-corrected chi connectivity index (χ0v) is 16.9. The Hall–Kier alpha value is -1.51. The molecule has 25 heavy (non-hydrogen) atoms. The van der Waals surface area contributed by atoms with Gasteiger partial charge in [0.05, 0.1) is 6.61 Å². The molecule has 1 atom stereocenters. The molecule has 6 heteroatoms. The number of halogens is 1. The number of hydrogen-bond acceptors (Lipinski definition) is 4. The van der Waals surface area contributed by atoms with Crippen LogP contribution in [-0.2, 0) is 4.74 Å². The molecule has 0 N–H and O–H groups in total. The molecule has 3 rings (SSSR count). The molecule has 0 saturated carbocycles. The van der Waals surface area contributed by atoms with Crippen molar-refractivity contribution in [3.8, 4) is 0 Å². The molecule has 5 nitrogen and oxygen atoms in total. The molecule has 1 aliphatic rings. The van der Waals surface area contributed by atoms with E-state index in [4.69, 9.17) is 4.74 Å². The third-order valence-corrected chi connectivity index (χ3v) is 4.38. The predicted octanol–water partition coefficient (Wildman–Crippen LogP) is 3.72. The molecule has 0 aliphatic carbocycles. The van der Waals surface area contributed by atoms with Crippen LogP contribution in [-0.4, -0.2) is 42.0 Å². The second-order valence-electron chi connectivity index (χ2n) is 5.70. The molecule has 0 spiro atoms. The molecule has 1 aromatic heterocycles. The van der Waals surface area contributed by atoms with Crippen molar-refractivity contribution in [1.82, 2.24) is 9.88 Å². The van der Waals surface area contributed by atoms with Crippen LogP contribution in [0, 0.1) is 0 Å². The summed E-state index contributed by atoms with van der Waals surface area (Å²) < 4.78 is 6.12. The van der Waals surface area contributed by atoms with E-state index in [1.807, 2.05) is 42.5 Å². The zero-order chi connectivity index (χ0) is 16.9. The van der Waals surface area contributed by atoms with Crippen molar-refractivity contribution < 1.29 is 9.53 Å². The number of hydrogen-bond donors (Lipinski definition) is 0. The van der Waals surface area contributed by atoms with E-state index in [-0.39, 0.29) is 29.9 Å². The van der Waals surface area contributed by atoms with E-state index >= 15 is 0 Å². The second-order valence-corrected chi connectivity index (χ2v) is 5.70. The first kappa shape index (κ1) is 19.8. The Morgan fingerprint density at radius 1 is 1.12 bits per heavy atom. The summed E-state index contributed by atoms with van der Waals surface area (Å²) in [6, 6.07) is 13.2. The molecular weight excluding hydrogens is 429 g/mol. The van der Waals surface area contributed by atoms with Crippen molar-refractivity contribution in [2.75, 3.05) is 31.1 Å². The summed E-state index contributed by atoms with van der Waals surface area (Å²) in [5.74, 6) is 0.559. The quantitative estimate of drug-likeness (QED) is 0.600. The van der Waals surface area contributed by atoms with Crippen molar-refractivity contribution in [2.24, 2.45) is 0 Å². The van der Waals surface area contributed by atoms with E-state index in [0.29, 0.717) is 18.0 Å². The maximum absolute atomic E-state index is 12.8. The molecule has 0 saturated heterocycles. The fourth-order valence-corrected chi connectivity index (χ4v) is 3.00. The first-order valence-corrected chi connectivity index (χ1v) is 8.43. The van der Waals surface area contributed by atoms with Gasteiger partial charge in [-0.25, -0.2) is 4.98 Å². The van der Waals surface area contributed by atoms with Gasteiger partial charge in [-0.15, -0.1) is 24.0 Å². The van der Waals surface area contributed by atoms with Gasteiger partial charge in [-0.2, -0.15) is 0 Å². The zero-order valence-electron chi connectivity index (χ0n) is 14.6. The van der Waals surface area contributed by atoms with E-state index in [9.17, 15) is 4.79 Å². The lowest BCUT2D eigenvalue weighted by Gasteiger charge is -2.26. The Labute approximate surface area is 166 Å². The first-order valence-electron chi connectivity index (χ1n) is 8.43. The average Bonchev–Trinajstić information content (AvgIpc) is 2.92. The number of pyridine rings is 1. The fraction of sp³-hybridized carbons (Fsp3) is 0.368. The Balaban J connectivity index is 0.00000225. The van der Waals surface area contributed by atoms with Gasteiger partial charge in [0.15, 0.2) is 6.23 Å². The standard InChI is InChI=1S/C19H23N3O2.HI/c1-3-21(4-2)13-14-24-19-16-10-6-5-9-15(16)18(23)22(19)17-11-7-8-12-20-17;/h5-12,19H,3-4,13-14H2,1-2H3;1H. The number of likely N-dealkylation sites (N-methyl/N-ethyl adjacent to an activating group) is 1. The minimum absolute atomic E-state index is 0. The maximum Gasteiger partial charge on any atom is 0.262 e. The first-order chi connectivity index (χ1) is 11.8. The highest BCUT2D eigenvalue weighted by Crippen LogP contribution is 2.37. The minimum Gasteiger partial charge on any atom is -0.352 e. The van der Waals surface area contributed by atoms with Gasteiger partial charge in [0.2, 0.25) is 0 Å². The Kier molecular flexibility index (Phi) is 7.34. The third-order valence-electron chi connectivity index (χ3n) is 4.38. The lowest BCUT2D eigenvalue weighted by molar-refractivity contribution is 0.0391. The SMILES string of the molecule is CCN(CC)CCOC1c2ccccc2C(=O)N1c1ccccn1.I. The molecule has 1 aliphatic heterocycles. The predicted molar refractivity (Wildman–Crippen MR) is 109 cm³/mol. The van der Waals surface area contributed by atoms with Crippen molar-refractivity contribution in [1.29, 1.82) is 0 Å². The van der Waals surface area contributed by atoms with Gasteiger partial charge in [0, 0.05) is 23.9 Å². The minimum atomic E-state index is -0.417. The summed E-state index contributed by atoms with van der Waals surface area (Å²) in [5, 5.41) is 0. The lowest BCUT2D eigenvalue weighted by atomic mass is 10.1. The molecular formula is C19H24IN3O2. The third kappa shape index (κ3) is 4.19. The normalized spacial score (nSPS) is 16.0. The largest absolute Gasteiger partial charge is 0.352 e. The van der Waals surface area contributed by atoms with Crippen LogP contribution in [0.25, 0.3) is 0 Å². The van der Waals surface area contributed by atoms with Gasteiger partial charge >= 0.3 is 0 Å². The van der Waals surface area contributed by atoms with Gasteiger partial charge in [0.1, 0.15) is 5.82 Å². The van der Waals surface area contributed by atoms with Crippen molar-refractivity contribution in [3.63, 3.8) is 0 Å². The molecule has 0 bridgehead atoms. The van der Waals surface area contributed by atoms with Crippen molar-refractivity contribution >= 4 is 35.7 Å². The highest BCUT2D eigenvalue weighted by atomic mass is 127. The van der Waals surface area contributed by atoms with Crippen LogP contribution in [0.4, 0.5) is 5.82 Å². The van der Waals surface area contributed by atoms with Gasteiger partial charge in [-0.1, -0.05) is 38.1 Å². The fourth-order valence-electron chi connectivity index (χ4n) is 3.00. The number of aromatic nitrogens is 1. The second kappa shape index (κ2) is 9.26. The van der Waals surface area contributed by atoms with Gasteiger partial charge in [0.25, 0.3) is 5.91 Å². The summed E-state index contributed by atoms with van der Waals surface area (Å²) >= 11 is 0. The highest BCUT2D eigenvalue weighted by molar-refractivity contribution is 14.0. The summed E-state index contributed by atoms with van der Waals surface area (Å²) in [6.07, 6.45) is 1.28. The number of rotatable bonds is 7. The average molecular weight is 453 g/mol. The van der Waals surface area contributed by atoms with Crippen LogP contribution in [0.5, 0.6) is 0 Å². The summed E-state index contributed by atoms with van der Waals surface area (Å²) in [5.41, 5.74) is 1.60. The van der Waals surface area contributed by atoms with Gasteiger partial charge in [-0.05, 0) is 31.3 Å². The summed E-state index contributed by atoms with van der Waals surface area (Å²) in [4.78, 5) is 21.1. The topological polar surface area (TPSA) is 45.7 Å². The smallest absolute Gasteiger partial charge is 0.262 e. The van der Waals surface area contributed by atoms with Gasteiger partial charge < -0.3 is 9.64 Å². The van der Waals surface area contributed by atoms with Crippen LogP contribution < -0.4 is 4.90 Å². The molecule has 1 unspecified atom stereocenters. The number of anilines is 1. The van der Waals surface area contributed by atoms with Crippen LogP contribution in [0.3, 0.4) is 0 Å². The number of ether oxygens (including phenoxy) is 1. The van der Waals surface area contributed by atoms with E-state index in [2.05, 4.69) is 23.7 Å². The molecule has 0 fully saturated rings. The Morgan fingerprint density at radius 3 is 2.52 bits per heavy atom. The molecule has 134 valence electrons. The Bertz CT molecular complexity index is 692. The van der Waals surface area contributed by atoms with Crippen LogP contribution in [0.1, 0.15) is 36.0 Å². The van der Waals surface area contributed by atoms with Gasteiger partial charge in [-0.3, -0.25) is 9.69 Å². The number of fused-ring (bicyclic) bond motifs is 1. The Morgan fingerprint density at radius 2 is 1.84 bits per heavy atom. The van der Waals surface area contributed by atoms with Crippen molar-refractivity contribution in [3.05, 3.63) is 59.8 Å². The molecule has 2 aromatic rings. The number of carbonyl (C=O) groups excluding carboxylic acids is 1. The van der Waals surface area contributed by atoms with E-state index in [1.54, 1.807) is 11.1 Å². The number of carbonyl (C=O) groups is 1. The lowest BCUT2D eigenvalue weighted by Crippen LogP contribution is -2.33. The van der Waals surface area contributed by atoms with Crippen LogP contribution in [0.2, 0.25) is 0 Å². The molecule has 1 amide bonds. The number of amides is 1. The highest BCUT2D eigenvalue weighted by Gasteiger charge is 2.38. The number of nitrogens with zero attached hydrogens (tertiary/aromatic N) is 3. The number of benzene rings is 1. The van der Waals surface area contributed by atoms with Crippen LogP contribution in [0.15, 0.2) is 48.7 Å². The van der Waals surface area contributed by atoms with E-state index in [0.717, 1.165) is 25.2 Å². The maximum atomic E-state index is 12.8. The van der Waals surface area contributed by atoms with E-state index in [1.165, 1.54) is 0 Å². The van der Waals surface area contributed by atoms with Crippen molar-refractivity contribution in [2.45, 2.75) is 20.1 Å². The summed E-state index contributed by atoms with van der Waals surface area (Å²) in [7, 11) is 0. The monoisotopic (exact) mass is 453 g/mol. The molecule has 1 aromatic carbocycles. The van der Waals surface area contributed by atoms with E-state index < -0.39 is 6.23 Å². The molecule has 0 radical (unpaired) electrons. The summed E-state index contributed by atoms with van der Waals surface area (Å²) in [6.45, 7) is 7.66.